The van der Waals surface area contributed by atoms with Crippen molar-refractivity contribution in [1.29, 1.82) is 0 Å². The summed E-state index contributed by atoms with van der Waals surface area (Å²) in [4.78, 5) is 39.7. The molecular weight excluding hydrogens is 496 g/mol. The fourth-order valence-corrected chi connectivity index (χ4v) is 3.91. The Morgan fingerprint density at radius 2 is 1.38 bits per heavy atom. The molecule has 34 heavy (non-hydrogen) atoms. The lowest BCUT2D eigenvalue weighted by molar-refractivity contribution is 0.0924. The van der Waals surface area contributed by atoms with Crippen LogP contribution in [0.15, 0.2) is 102 Å². The molecule has 1 heterocycles. The molecule has 4 aromatic carbocycles. The Labute approximate surface area is 203 Å². The molecule has 0 saturated heterocycles. The van der Waals surface area contributed by atoms with E-state index < -0.39 is 11.8 Å². The molecule has 1 N–H and O–H groups in total. The van der Waals surface area contributed by atoms with Gasteiger partial charge in [0.25, 0.3) is 17.7 Å². The predicted octanol–water partition coefficient (Wildman–Crippen LogP) is 6.29. The number of nitrogens with zero attached hydrogens (tertiary/aromatic N) is 1. The quantitative estimate of drug-likeness (QED) is 0.318. The van der Waals surface area contributed by atoms with Gasteiger partial charge in [-0.1, -0.05) is 34.1 Å². The van der Waals surface area contributed by atoms with Crippen molar-refractivity contribution < 1.29 is 19.1 Å². The lowest BCUT2D eigenvalue weighted by Gasteiger charge is -2.14. The van der Waals surface area contributed by atoms with Crippen molar-refractivity contribution >= 4 is 45.0 Å². The zero-order valence-corrected chi connectivity index (χ0v) is 19.3. The number of amides is 3. The molecule has 166 valence electrons. The molecule has 0 aliphatic carbocycles. The first-order valence-corrected chi connectivity index (χ1v) is 11.2. The Hall–Kier alpha value is -4.23. The summed E-state index contributed by atoms with van der Waals surface area (Å²) < 4.78 is 6.64. The number of nitrogens with one attached hydrogen (secondary N) is 1. The fraction of sp³-hybridized carbons (Fsp3) is 0. The SMILES string of the molecule is O=C(Nc1ccc2c(c1)C(=O)N(c1ccc(Oc3ccccc3)cc1)C2=O)c1ccc(Br)cc1. The zero-order valence-electron chi connectivity index (χ0n) is 17.7. The second-order valence-electron chi connectivity index (χ2n) is 7.58. The number of anilines is 2. The summed E-state index contributed by atoms with van der Waals surface area (Å²) in [5.74, 6) is 0.104. The molecule has 0 unspecified atom stereocenters. The molecule has 4 aromatic rings. The van der Waals surface area contributed by atoms with E-state index in [4.69, 9.17) is 4.74 Å². The van der Waals surface area contributed by atoms with Crippen LogP contribution in [0.3, 0.4) is 0 Å². The second-order valence-corrected chi connectivity index (χ2v) is 8.49. The van der Waals surface area contributed by atoms with Crippen molar-refractivity contribution in [2.75, 3.05) is 10.2 Å². The van der Waals surface area contributed by atoms with Gasteiger partial charge in [0.15, 0.2) is 0 Å². The normalized spacial score (nSPS) is 12.4. The van der Waals surface area contributed by atoms with Crippen molar-refractivity contribution in [2.24, 2.45) is 0 Å². The molecule has 0 fully saturated rings. The number of carbonyl (C=O) groups is 3. The maximum Gasteiger partial charge on any atom is 0.266 e. The summed E-state index contributed by atoms with van der Waals surface area (Å²) in [6.45, 7) is 0. The van der Waals surface area contributed by atoms with Gasteiger partial charge < -0.3 is 10.1 Å². The van der Waals surface area contributed by atoms with E-state index in [2.05, 4.69) is 21.2 Å². The summed E-state index contributed by atoms with van der Waals surface area (Å²) in [6.07, 6.45) is 0. The maximum atomic E-state index is 13.1. The standard InChI is InChI=1S/C27H17BrN2O4/c28-18-8-6-17(7-9-18)25(31)29-19-10-15-23-24(16-19)27(33)30(26(23)32)20-11-13-22(14-12-20)34-21-4-2-1-3-5-21/h1-16H,(H,29,31). The number of para-hydroxylation sites is 1. The molecule has 7 heteroatoms. The van der Waals surface area contributed by atoms with E-state index in [1.807, 2.05) is 30.3 Å². The summed E-state index contributed by atoms with van der Waals surface area (Å²) in [5.41, 5.74) is 1.87. The predicted molar refractivity (Wildman–Crippen MR) is 133 cm³/mol. The number of carbonyl (C=O) groups excluding carboxylic acids is 3. The lowest BCUT2D eigenvalue weighted by Crippen LogP contribution is -2.29. The second kappa shape index (κ2) is 8.96. The largest absolute Gasteiger partial charge is 0.457 e. The molecule has 1 aliphatic heterocycles. The van der Waals surface area contributed by atoms with Crippen LogP contribution < -0.4 is 15.0 Å². The molecule has 0 radical (unpaired) electrons. The minimum Gasteiger partial charge on any atom is -0.457 e. The van der Waals surface area contributed by atoms with Crippen molar-refractivity contribution in [3.8, 4) is 11.5 Å². The number of halogens is 1. The number of rotatable bonds is 5. The van der Waals surface area contributed by atoms with Gasteiger partial charge in [-0.15, -0.1) is 0 Å². The monoisotopic (exact) mass is 512 g/mol. The van der Waals surface area contributed by atoms with Crippen molar-refractivity contribution in [1.82, 2.24) is 0 Å². The number of hydrogen-bond donors (Lipinski definition) is 1. The van der Waals surface area contributed by atoms with Crippen LogP contribution in [0.5, 0.6) is 11.5 Å². The van der Waals surface area contributed by atoms with Crippen LogP contribution in [0, 0.1) is 0 Å². The Balaban J connectivity index is 1.34. The van der Waals surface area contributed by atoms with Gasteiger partial charge in [0.2, 0.25) is 0 Å². The number of fused-ring (bicyclic) bond motifs is 1. The Bertz CT molecular complexity index is 1400. The lowest BCUT2D eigenvalue weighted by atomic mass is 10.1. The van der Waals surface area contributed by atoms with Gasteiger partial charge >= 0.3 is 0 Å². The van der Waals surface area contributed by atoms with Crippen LogP contribution in [0.1, 0.15) is 31.1 Å². The molecule has 0 aromatic heterocycles. The minimum absolute atomic E-state index is 0.239. The maximum absolute atomic E-state index is 13.1. The van der Waals surface area contributed by atoms with Crippen molar-refractivity contribution in [2.45, 2.75) is 0 Å². The van der Waals surface area contributed by atoms with E-state index >= 15 is 0 Å². The van der Waals surface area contributed by atoms with Gasteiger partial charge in [-0.05, 0) is 78.9 Å². The van der Waals surface area contributed by atoms with E-state index in [0.29, 0.717) is 28.4 Å². The number of benzene rings is 4. The summed E-state index contributed by atoms with van der Waals surface area (Å²) in [5, 5.41) is 2.78. The molecule has 5 rings (SSSR count). The topological polar surface area (TPSA) is 75.7 Å². The third-order valence-electron chi connectivity index (χ3n) is 5.32. The van der Waals surface area contributed by atoms with Crippen molar-refractivity contribution in [3.63, 3.8) is 0 Å². The number of ether oxygens (including phenoxy) is 1. The smallest absolute Gasteiger partial charge is 0.266 e. The molecule has 0 spiro atoms. The van der Waals surface area contributed by atoms with Crippen LogP contribution in [0.4, 0.5) is 11.4 Å². The Kier molecular flexibility index (Phi) is 5.69. The van der Waals surface area contributed by atoms with E-state index in [0.717, 1.165) is 9.37 Å². The fourth-order valence-electron chi connectivity index (χ4n) is 3.65. The molecule has 6 nitrogen and oxygen atoms in total. The van der Waals surface area contributed by atoms with Crippen LogP contribution in [0.2, 0.25) is 0 Å². The first-order chi connectivity index (χ1) is 16.5. The zero-order chi connectivity index (χ0) is 23.7. The van der Waals surface area contributed by atoms with Gasteiger partial charge in [0.05, 0.1) is 16.8 Å². The highest BCUT2D eigenvalue weighted by atomic mass is 79.9. The number of imide groups is 1. The van der Waals surface area contributed by atoms with E-state index in [9.17, 15) is 14.4 Å². The van der Waals surface area contributed by atoms with Crippen LogP contribution in [0.25, 0.3) is 0 Å². The van der Waals surface area contributed by atoms with Gasteiger partial charge in [0.1, 0.15) is 11.5 Å². The third-order valence-corrected chi connectivity index (χ3v) is 5.85. The Morgan fingerprint density at radius 3 is 2.09 bits per heavy atom. The van der Waals surface area contributed by atoms with E-state index in [-0.39, 0.29) is 17.0 Å². The molecule has 3 amide bonds. The highest BCUT2D eigenvalue weighted by molar-refractivity contribution is 9.10. The Morgan fingerprint density at radius 1 is 0.735 bits per heavy atom. The summed E-state index contributed by atoms with van der Waals surface area (Å²) >= 11 is 3.34. The summed E-state index contributed by atoms with van der Waals surface area (Å²) in [7, 11) is 0. The van der Waals surface area contributed by atoms with E-state index in [1.165, 1.54) is 6.07 Å². The van der Waals surface area contributed by atoms with Crippen molar-refractivity contribution in [3.05, 3.63) is 118 Å². The van der Waals surface area contributed by atoms with E-state index in [1.54, 1.807) is 60.7 Å². The average Bonchev–Trinajstić information content (AvgIpc) is 3.10. The first kappa shape index (κ1) is 21.6. The third kappa shape index (κ3) is 4.21. The van der Waals surface area contributed by atoms with Gasteiger partial charge in [-0.2, -0.15) is 0 Å². The molecular formula is C27H17BrN2O4. The molecule has 1 aliphatic rings. The summed E-state index contributed by atoms with van der Waals surface area (Å²) in [6, 6.07) is 27.7. The highest BCUT2D eigenvalue weighted by Gasteiger charge is 2.37. The molecule has 0 atom stereocenters. The first-order valence-electron chi connectivity index (χ1n) is 10.4. The van der Waals surface area contributed by atoms with Gasteiger partial charge in [-0.25, -0.2) is 4.90 Å². The van der Waals surface area contributed by atoms with Gasteiger partial charge in [-0.3, -0.25) is 14.4 Å². The van der Waals surface area contributed by atoms with Gasteiger partial charge in [0, 0.05) is 15.7 Å². The number of hydrogen-bond acceptors (Lipinski definition) is 4. The highest BCUT2D eigenvalue weighted by Crippen LogP contribution is 2.32. The molecule has 0 bridgehead atoms. The van der Waals surface area contributed by atoms with Crippen LogP contribution in [-0.2, 0) is 0 Å². The van der Waals surface area contributed by atoms with Crippen LogP contribution >= 0.6 is 15.9 Å². The average molecular weight is 513 g/mol. The molecule has 0 saturated carbocycles. The van der Waals surface area contributed by atoms with Crippen LogP contribution in [-0.4, -0.2) is 17.7 Å². The minimum atomic E-state index is -0.448.